The van der Waals surface area contributed by atoms with Gasteiger partial charge < -0.3 is 20.5 Å². The van der Waals surface area contributed by atoms with E-state index in [0.717, 1.165) is 47.2 Å². The number of hydrogen-bond donors (Lipinski definition) is 2. The molecule has 0 radical (unpaired) electrons. The van der Waals surface area contributed by atoms with Gasteiger partial charge in [-0.05, 0) is 96.8 Å². The van der Waals surface area contributed by atoms with Gasteiger partial charge in [-0.1, -0.05) is 24.3 Å². The summed E-state index contributed by atoms with van der Waals surface area (Å²) >= 11 is 0. The molecule has 156 valence electrons. The molecule has 3 N–H and O–H groups in total. The summed E-state index contributed by atoms with van der Waals surface area (Å²) in [5, 5.41) is 3.10. The van der Waals surface area contributed by atoms with E-state index in [-0.39, 0.29) is 0 Å². The summed E-state index contributed by atoms with van der Waals surface area (Å²) in [6, 6.07) is 31.8. The molecule has 0 saturated carbocycles. The van der Waals surface area contributed by atoms with Gasteiger partial charge >= 0.3 is 0 Å². The summed E-state index contributed by atoms with van der Waals surface area (Å²) in [6.07, 6.45) is 1.93. The number of benzene rings is 4. The fourth-order valence-corrected chi connectivity index (χ4v) is 3.23. The summed E-state index contributed by atoms with van der Waals surface area (Å²) in [6.45, 7) is 0. The van der Waals surface area contributed by atoms with E-state index < -0.39 is 0 Å². The van der Waals surface area contributed by atoms with Gasteiger partial charge in [-0.3, -0.25) is 0 Å². The predicted octanol–water partition coefficient (Wildman–Crippen LogP) is 6.68. The van der Waals surface area contributed by atoms with Gasteiger partial charge in [0.05, 0.1) is 0 Å². The first-order valence-corrected chi connectivity index (χ1v) is 10.3. The van der Waals surface area contributed by atoms with Crippen molar-refractivity contribution >= 4 is 11.4 Å². The second-order valence-corrected chi connectivity index (χ2v) is 7.34. The number of rotatable bonds is 8. The highest BCUT2D eigenvalue weighted by Gasteiger charge is 2.02. The lowest BCUT2D eigenvalue weighted by atomic mass is 10.0. The number of nitrogens with two attached hydrogens (primary N) is 1. The van der Waals surface area contributed by atoms with Crippen molar-refractivity contribution in [3.8, 4) is 23.0 Å². The van der Waals surface area contributed by atoms with Gasteiger partial charge in [-0.2, -0.15) is 0 Å². The van der Waals surface area contributed by atoms with Crippen molar-refractivity contribution in [2.45, 2.75) is 12.8 Å². The van der Waals surface area contributed by atoms with E-state index in [1.54, 1.807) is 0 Å². The zero-order valence-electron chi connectivity index (χ0n) is 17.5. The zero-order chi connectivity index (χ0) is 21.5. The smallest absolute Gasteiger partial charge is 0.127 e. The van der Waals surface area contributed by atoms with Crippen LogP contribution in [-0.2, 0) is 12.8 Å². The Morgan fingerprint density at radius 1 is 0.548 bits per heavy atom. The molecule has 0 heterocycles. The molecule has 0 atom stereocenters. The molecule has 0 unspecified atom stereocenters. The van der Waals surface area contributed by atoms with E-state index in [1.165, 1.54) is 11.1 Å². The number of ether oxygens (including phenoxy) is 2. The summed E-state index contributed by atoms with van der Waals surface area (Å²) in [4.78, 5) is 0. The Kier molecular flexibility index (Phi) is 6.38. The lowest BCUT2D eigenvalue weighted by Gasteiger charge is -2.09. The minimum Gasteiger partial charge on any atom is -0.457 e. The van der Waals surface area contributed by atoms with Gasteiger partial charge in [-0.15, -0.1) is 0 Å². The Hall–Kier alpha value is -3.92. The third-order valence-corrected chi connectivity index (χ3v) is 5.04. The molecule has 0 aromatic heterocycles. The van der Waals surface area contributed by atoms with Gasteiger partial charge in [0.25, 0.3) is 0 Å². The van der Waals surface area contributed by atoms with Crippen LogP contribution in [0.4, 0.5) is 11.4 Å². The standard InChI is InChI=1S/C27H26N2O2/c1-29-23-10-18-27(19-11-23)31-25-14-6-21(7-15-25)3-2-20-4-12-24(13-5-20)30-26-16-8-22(28)9-17-26/h4-19,29H,2-3,28H2,1H3. The van der Waals surface area contributed by atoms with Crippen LogP contribution in [0.25, 0.3) is 0 Å². The zero-order valence-corrected chi connectivity index (χ0v) is 17.5. The van der Waals surface area contributed by atoms with Crippen LogP contribution in [0.1, 0.15) is 11.1 Å². The van der Waals surface area contributed by atoms with Crippen molar-refractivity contribution in [2.24, 2.45) is 0 Å². The highest BCUT2D eigenvalue weighted by Crippen LogP contribution is 2.25. The van der Waals surface area contributed by atoms with Crippen molar-refractivity contribution in [3.63, 3.8) is 0 Å². The summed E-state index contributed by atoms with van der Waals surface area (Å²) in [5.74, 6) is 3.26. The number of hydrogen-bond acceptors (Lipinski definition) is 4. The van der Waals surface area contributed by atoms with E-state index >= 15 is 0 Å². The molecule has 4 rings (SSSR count). The van der Waals surface area contributed by atoms with E-state index in [9.17, 15) is 0 Å². The maximum absolute atomic E-state index is 5.92. The van der Waals surface area contributed by atoms with Crippen LogP contribution in [0, 0.1) is 0 Å². The SMILES string of the molecule is CNc1ccc(Oc2ccc(CCc3ccc(Oc4ccc(N)cc4)cc3)cc2)cc1. The second-order valence-electron chi connectivity index (χ2n) is 7.34. The van der Waals surface area contributed by atoms with Crippen molar-refractivity contribution in [3.05, 3.63) is 108 Å². The average molecular weight is 411 g/mol. The Bertz CT molecular complexity index is 1090. The van der Waals surface area contributed by atoms with Crippen molar-refractivity contribution < 1.29 is 9.47 Å². The first kappa shape index (κ1) is 20.4. The monoisotopic (exact) mass is 410 g/mol. The first-order valence-electron chi connectivity index (χ1n) is 10.3. The Morgan fingerprint density at radius 2 is 0.903 bits per heavy atom. The van der Waals surface area contributed by atoms with Gasteiger partial charge in [0, 0.05) is 18.4 Å². The Balaban J connectivity index is 1.29. The molecule has 4 nitrogen and oxygen atoms in total. The molecule has 0 bridgehead atoms. The van der Waals surface area contributed by atoms with Gasteiger partial charge in [-0.25, -0.2) is 0 Å². The normalized spacial score (nSPS) is 10.5. The molecule has 0 saturated heterocycles. The summed E-state index contributed by atoms with van der Waals surface area (Å²) in [7, 11) is 1.90. The third kappa shape index (κ3) is 5.80. The van der Waals surface area contributed by atoms with Crippen LogP contribution >= 0.6 is 0 Å². The van der Waals surface area contributed by atoms with Crippen molar-refractivity contribution in [1.29, 1.82) is 0 Å². The highest BCUT2D eigenvalue weighted by molar-refractivity contribution is 5.47. The Labute approximate surface area is 183 Å². The first-order chi connectivity index (χ1) is 15.2. The quantitative estimate of drug-likeness (QED) is 0.318. The van der Waals surface area contributed by atoms with Crippen LogP contribution in [-0.4, -0.2) is 7.05 Å². The minimum atomic E-state index is 0.727. The molecule has 0 aliphatic carbocycles. The molecule has 0 amide bonds. The molecule has 31 heavy (non-hydrogen) atoms. The molecular formula is C27H26N2O2. The number of aryl methyl sites for hydroxylation is 2. The maximum Gasteiger partial charge on any atom is 0.127 e. The largest absolute Gasteiger partial charge is 0.457 e. The van der Waals surface area contributed by atoms with Crippen LogP contribution in [0.5, 0.6) is 23.0 Å². The summed E-state index contributed by atoms with van der Waals surface area (Å²) in [5.41, 5.74) is 10.0. The Morgan fingerprint density at radius 3 is 1.29 bits per heavy atom. The molecule has 0 aliphatic rings. The van der Waals surface area contributed by atoms with Crippen LogP contribution < -0.4 is 20.5 Å². The number of nitrogens with one attached hydrogen (secondary N) is 1. The average Bonchev–Trinajstić information content (AvgIpc) is 2.81. The van der Waals surface area contributed by atoms with Gasteiger partial charge in [0.15, 0.2) is 0 Å². The van der Waals surface area contributed by atoms with Crippen LogP contribution in [0.2, 0.25) is 0 Å². The van der Waals surface area contributed by atoms with E-state index in [1.807, 2.05) is 79.8 Å². The summed E-state index contributed by atoms with van der Waals surface area (Å²) < 4.78 is 11.8. The molecule has 0 aliphatic heterocycles. The lowest BCUT2D eigenvalue weighted by Crippen LogP contribution is -1.92. The van der Waals surface area contributed by atoms with E-state index in [0.29, 0.717) is 0 Å². The molecule has 4 aromatic rings. The number of nitrogen functional groups attached to an aromatic ring is 1. The highest BCUT2D eigenvalue weighted by atomic mass is 16.5. The fourth-order valence-electron chi connectivity index (χ4n) is 3.23. The second kappa shape index (κ2) is 9.72. The van der Waals surface area contributed by atoms with E-state index in [2.05, 4.69) is 29.6 Å². The molecule has 4 heteroatoms. The van der Waals surface area contributed by atoms with Crippen LogP contribution in [0.3, 0.4) is 0 Å². The topological polar surface area (TPSA) is 56.5 Å². The minimum absolute atomic E-state index is 0.727. The molecule has 4 aromatic carbocycles. The fraction of sp³-hybridized carbons (Fsp3) is 0.111. The van der Waals surface area contributed by atoms with Crippen molar-refractivity contribution in [1.82, 2.24) is 0 Å². The van der Waals surface area contributed by atoms with E-state index in [4.69, 9.17) is 15.2 Å². The van der Waals surface area contributed by atoms with Gasteiger partial charge in [0.2, 0.25) is 0 Å². The predicted molar refractivity (Wildman–Crippen MR) is 127 cm³/mol. The molecule has 0 spiro atoms. The molecular weight excluding hydrogens is 384 g/mol. The third-order valence-electron chi connectivity index (χ3n) is 5.04. The maximum atomic E-state index is 5.92. The molecule has 0 fully saturated rings. The lowest BCUT2D eigenvalue weighted by molar-refractivity contribution is 0.482. The van der Waals surface area contributed by atoms with Crippen molar-refractivity contribution in [2.75, 3.05) is 18.1 Å². The number of anilines is 2. The van der Waals surface area contributed by atoms with Gasteiger partial charge in [0.1, 0.15) is 23.0 Å². The van der Waals surface area contributed by atoms with Crippen LogP contribution in [0.15, 0.2) is 97.1 Å².